The lowest BCUT2D eigenvalue weighted by molar-refractivity contribution is -0.116. The summed E-state index contributed by atoms with van der Waals surface area (Å²) in [6.07, 6.45) is 3.11. The van der Waals surface area contributed by atoms with E-state index in [1.165, 1.54) is 0 Å². The number of nitrogens with one attached hydrogen (secondary N) is 1. The molecule has 0 saturated carbocycles. The Hall–Kier alpha value is -2.36. The van der Waals surface area contributed by atoms with Crippen molar-refractivity contribution in [2.75, 3.05) is 17.3 Å². The van der Waals surface area contributed by atoms with Crippen molar-refractivity contribution in [3.63, 3.8) is 0 Å². The van der Waals surface area contributed by atoms with Crippen molar-refractivity contribution < 1.29 is 4.79 Å². The number of amides is 1. The standard InChI is InChI=1S/C16H19N3O/c1-3-7-16(20)18-15-11-10-14(12-17-15)19(2)13-8-5-4-6-9-13/h4-6,8-12H,3,7H2,1-2H3,(H,17,18,20). The van der Waals surface area contributed by atoms with Gasteiger partial charge in [0.25, 0.3) is 0 Å². The van der Waals surface area contributed by atoms with Crippen molar-refractivity contribution in [2.24, 2.45) is 0 Å². The molecule has 0 bridgehead atoms. The summed E-state index contributed by atoms with van der Waals surface area (Å²) >= 11 is 0. The van der Waals surface area contributed by atoms with E-state index in [0.717, 1.165) is 17.8 Å². The van der Waals surface area contributed by atoms with Crippen LogP contribution >= 0.6 is 0 Å². The molecule has 1 amide bonds. The van der Waals surface area contributed by atoms with Crippen molar-refractivity contribution in [3.8, 4) is 0 Å². The van der Waals surface area contributed by atoms with E-state index in [0.29, 0.717) is 12.2 Å². The predicted octanol–water partition coefficient (Wildman–Crippen LogP) is 3.59. The molecule has 2 rings (SSSR count). The maximum atomic E-state index is 11.5. The molecule has 0 fully saturated rings. The van der Waals surface area contributed by atoms with Crippen LogP contribution in [0.1, 0.15) is 19.8 Å². The Labute approximate surface area is 119 Å². The highest BCUT2D eigenvalue weighted by molar-refractivity contribution is 5.89. The molecule has 0 aliphatic carbocycles. The van der Waals surface area contributed by atoms with Gasteiger partial charge in [-0.1, -0.05) is 25.1 Å². The van der Waals surface area contributed by atoms with E-state index in [2.05, 4.69) is 10.3 Å². The summed E-state index contributed by atoms with van der Waals surface area (Å²) in [5.41, 5.74) is 2.07. The highest BCUT2D eigenvalue weighted by atomic mass is 16.1. The van der Waals surface area contributed by atoms with E-state index in [-0.39, 0.29) is 5.91 Å². The zero-order chi connectivity index (χ0) is 14.4. The van der Waals surface area contributed by atoms with Gasteiger partial charge in [-0.15, -0.1) is 0 Å². The fraction of sp³-hybridized carbons (Fsp3) is 0.250. The van der Waals surface area contributed by atoms with Gasteiger partial charge in [-0.3, -0.25) is 4.79 Å². The molecule has 4 heteroatoms. The molecule has 0 unspecified atom stereocenters. The van der Waals surface area contributed by atoms with Gasteiger partial charge >= 0.3 is 0 Å². The van der Waals surface area contributed by atoms with Gasteiger partial charge in [-0.25, -0.2) is 4.98 Å². The molecule has 1 aromatic carbocycles. The maximum Gasteiger partial charge on any atom is 0.225 e. The zero-order valence-corrected chi connectivity index (χ0v) is 11.8. The van der Waals surface area contributed by atoms with E-state index < -0.39 is 0 Å². The first kappa shape index (κ1) is 14.1. The summed E-state index contributed by atoms with van der Waals surface area (Å²) in [4.78, 5) is 17.8. The summed E-state index contributed by atoms with van der Waals surface area (Å²) in [7, 11) is 1.99. The minimum atomic E-state index is 0.00386. The van der Waals surface area contributed by atoms with Crippen LogP contribution in [0.25, 0.3) is 0 Å². The van der Waals surface area contributed by atoms with Crippen LogP contribution in [0.5, 0.6) is 0 Å². The molecule has 0 aliphatic rings. The number of rotatable bonds is 5. The Bertz CT molecular complexity index is 552. The third-order valence-electron chi connectivity index (χ3n) is 3.02. The second kappa shape index (κ2) is 6.70. The zero-order valence-electron chi connectivity index (χ0n) is 11.8. The van der Waals surface area contributed by atoms with Crippen LogP contribution in [0.2, 0.25) is 0 Å². The first-order valence-electron chi connectivity index (χ1n) is 6.75. The Morgan fingerprint density at radius 1 is 1.15 bits per heavy atom. The van der Waals surface area contributed by atoms with Gasteiger partial charge in [0.1, 0.15) is 5.82 Å². The number of pyridine rings is 1. The Morgan fingerprint density at radius 2 is 1.90 bits per heavy atom. The first-order chi connectivity index (χ1) is 9.70. The number of hydrogen-bond donors (Lipinski definition) is 1. The first-order valence-corrected chi connectivity index (χ1v) is 6.75. The third-order valence-corrected chi connectivity index (χ3v) is 3.02. The second-order valence-electron chi connectivity index (χ2n) is 4.59. The molecule has 0 atom stereocenters. The van der Waals surface area contributed by atoms with Crippen molar-refractivity contribution in [1.82, 2.24) is 4.98 Å². The van der Waals surface area contributed by atoms with Gasteiger partial charge in [-0.05, 0) is 30.7 Å². The van der Waals surface area contributed by atoms with Crippen molar-refractivity contribution >= 4 is 23.1 Å². The molecule has 0 saturated heterocycles. The van der Waals surface area contributed by atoms with Crippen LogP contribution in [0, 0.1) is 0 Å². The Morgan fingerprint density at radius 3 is 2.50 bits per heavy atom. The van der Waals surface area contributed by atoms with Crippen LogP contribution in [0.15, 0.2) is 48.7 Å². The van der Waals surface area contributed by atoms with Gasteiger partial charge < -0.3 is 10.2 Å². The molecule has 1 N–H and O–H groups in total. The molecular weight excluding hydrogens is 250 g/mol. The van der Waals surface area contributed by atoms with Crippen molar-refractivity contribution in [1.29, 1.82) is 0 Å². The molecule has 0 aliphatic heterocycles. The number of hydrogen-bond acceptors (Lipinski definition) is 3. The third kappa shape index (κ3) is 3.57. The molecule has 0 spiro atoms. The lowest BCUT2D eigenvalue weighted by atomic mass is 10.2. The molecule has 20 heavy (non-hydrogen) atoms. The highest BCUT2D eigenvalue weighted by Gasteiger charge is 2.05. The summed E-state index contributed by atoms with van der Waals surface area (Å²) in [6, 6.07) is 13.8. The van der Waals surface area contributed by atoms with Gasteiger partial charge in [0.05, 0.1) is 11.9 Å². The number of aromatic nitrogens is 1. The monoisotopic (exact) mass is 269 g/mol. The van der Waals surface area contributed by atoms with Crippen molar-refractivity contribution in [2.45, 2.75) is 19.8 Å². The number of carbonyl (C=O) groups is 1. The molecule has 2 aromatic rings. The molecule has 104 valence electrons. The van der Waals surface area contributed by atoms with E-state index >= 15 is 0 Å². The molecule has 1 aromatic heterocycles. The molecule has 1 heterocycles. The lowest BCUT2D eigenvalue weighted by Crippen LogP contribution is -2.13. The van der Waals surface area contributed by atoms with Crippen LogP contribution in [0.4, 0.5) is 17.2 Å². The number of para-hydroxylation sites is 1. The Kier molecular flexibility index (Phi) is 4.71. The average molecular weight is 269 g/mol. The van der Waals surface area contributed by atoms with Crippen LogP contribution in [0.3, 0.4) is 0 Å². The van der Waals surface area contributed by atoms with E-state index in [9.17, 15) is 4.79 Å². The van der Waals surface area contributed by atoms with E-state index in [4.69, 9.17) is 0 Å². The minimum absolute atomic E-state index is 0.00386. The number of anilines is 3. The number of nitrogens with zero attached hydrogens (tertiary/aromatic N) is 2. The molecular formula is C16H19N3O. The Balaban J connectivity index is 2.06. The van der Waals surface area contributed by atoms with Gasteiger partial charge in [0.15, 0.2) is 0 Å². The maximum absolute atomic E-state index is 11.5. The quantitative estimate of drug-likeness (QED) is 0.902. The fourth-order valence-corrected chi connectivity index (χ4v) is 1.89. The summed E-state index contributed by atoms with van der Waals surface area (Å²) < 4.78 is 0. The lowest BCUT2D eigenvalue weighted by Gasteiger charge is -2.19. The number of benzene rings is 1. The van der Waals surface area contributed by atoms with Gasteiger partial charge in [-0.2, -0.15) is 0 Å². The summed E-state index contributed by atoms with van der Waals surface area (Å²) in [6.45, 7) is 1.98. The smallest absolute Gasteiger partial charge is 0.225 e. The largest absolute Gasteiger partial charge is 0.343 e. The van der Waals surface area contributed by atoms with Crippen molar-refractivity contribution in [3.05, 3.63) is 48.7 Å². The highest BCUT2D eigenvalue weighted by Crippen LogP contribution is 2.22. The minimum Gasteiger partial charge on any atom is -0.343 e. The van der Waals surface area contributed by atoms with E-state index in [1.807, 2.05) is 61.3 Å². The van der Waals surface area contributed by atoms with Crippen LogP contribution in [-0.4, -0.2) is 17.9 Å². The van der Waals surface area contributed by atoms with Crippen LogP contribution in [-0.2, 0) is 4.79 Å². The molecule has 0 radical (unpaired) electrons. The SMILES string of the molecule is CCCC(=O)Nc1ccc(N(C)c2ccccc2)cn1. The summed E-state index contributed by atoms with van der Waals surface area (Å²) in [5.74, 6) is 0.595. The summed E-state index contributed by atoms with van der Waals surface area (Å²) in [5, 5.41) is 2.78. The average Bonchev–Trinajstić information content (AvgIpc) is 2.48. The second-order valence-corrected chi connectivity index (χ2v) is 4.59. The number of carbonyl (C=O) groups excluding carboxylic acids is 1. The van der Waals surface area contributed by atoms with Crippen LogP contribution < -0.4 is 10.2 Å². The molecule has 4 nitrogen and oxygen atoms in total. The normalized spacial score (nSPS) is 10.1. The fourth-order valence-electron chi connectivity index (χ4n) is 1.89. The topological polar surface area (TPSA) is 45.2 Å². The van der Waals surface area contributed by atoms with Gasteiger partial charge in [0.2, 0.25) is 5.91 Å². The van der Waals surface area contributed by atoms with E-state index in [1.54, 1.807) is 6.20 Å². The predicted molar refractivity (Wildman–Crippen MR) is 82.3 cm³/mol. The van der Waals surface area contributed by atoms with Gasteiger partial charge in [0, 0.05) is 19.2 Å².